The van der Waals surface area contributed by atoms with Gasteiger partial charge in [-0.05, 0) is 26.0 Å². The molecule has 0 radical (unpaired) electrons. The normalized spacial score (nSPS) is 16.2. The second kappa shape index (κ2) is 7.30. The number of amides is 1. The minimum Gasteiger partial charge on any atom is -0.367 e. The lowest BCUT2D eigenvalue weighted by molar-refractivity contribution is -0.127. The van der Waals surface area contributed by atoms with Gasteiger partial charge in [-0.3, -0.25) is 9.78 Å². The van der Waals surface area contributed by atoms with Crippen LogP contribution in [0, 0.1) is 0 Å². The van der Waals surface area contributed by atoms with Gasteiger partial charge in [-0.15, -0.1) is 0 Å². The zero-order valence-corrected chi connectivity index (χ0v) is 14.3. The average Bonchev–Trinajstić information content (AvgIpc) is 2.65. The number of fused-ring (bicyclic) bond motifs is 1. The summed E-state index contributed by atoms with van der Waals surface area (Å²) in [6, 6.07) is 10.3. The fraction of sp³-hybridized carbons (Fsp3) is 0.300. The topological polar surface area (TPSA) is 36.4 Å². The summed E-state index contributed by atoms with van der Waals surface area (Å²) in [4.78, 5) is 21.3. The maximum Gasteiger partial charge on any atom is 0.253 e. The van der Waals surface area contributed by atoms with Gasteiger partial charge in [-0.25, -0.2) is 0 Å². The van der Waals surface area contributed by atoms with Crippen molar-refractivity contribution in [1.82, 2.24) is 9.88 Å². The van der Waals surface area contributed by atoms with Gasteiger partial charge in [0.05, 0.1) is 5.52 Å². The van der Waals surface area contributed by atoms with Gasteiger partial charge < -0.3 is 9.80 Å². The van der Waals surface area contributed by atoms with Crippen molar-refractivity contribution in [2.45, 2.75) is 13.8 Å². The zero-order valence-electron chi connectivity index (χ0n) is 14.3. The Morgan fingerprint density at radius 2 is 1.83 bits per heavy atom. The first-order valence-electron chi connectivity index (χ1n) is 8.41. The number of piperazine rings is 1. The third kappa shape index (κ3) is 3.18. The van der Waals surface area contributed by atoms with Crippen LogP contribution in [0.3, 0.4) is 0 Å². The van der Waals surface area contributed by atoms with Crippen molar-refractivity contribution in [3.63, 3.8) is 0 Å². The van der Waals surface area contributed by atoms with Gasteiger partial charge in [0.25, 0.3) is 5.91 Å². The number of hydrogen-bond donors (Lipinski definition) is 0. The fourth-order valence-corrected chi connectivity index (χ4v) is 3.16. The lowest BCUT2D eigenvalue weighted by Crippen LogP contribution is -2.49. The molecule has 0 spiro atoms. The zero-order chi connectivity index (χ0) is 16.9. The molecule has 4 nitrogen and oxygen atoms in total. The van der Waals surface area contributed by atoms with Crippen LogP contribution in [-0.2, 0) is 4.79 Å². The molecule has 4 heteroatoms. The van der Waals surface area contributed by atoms with Gasteiger partial charge in [0, 0.05) is 49.0 Å². The molecule has 1 aliphatic heterocycles. The number of carbonyl (C=O) groups excluding carboxylic acids is 1. The van der Waals surface area contributed by atoms with E-state index in [1.54, 1.807) is 0 Å². The third-order valence-corrected chi connectivity index (χ3v) is 4.44. The van der Waals surface area contributed by atoms with Gasteiger partial charge in [0.2, 0.25) is 0 Å². The van der Waals surface area contributed by atoms with Crippen LogP contribution in [-0.4, -0.2) is 42.0 Å². The molecule has 3 rings (SSSR count). The highest BCUT2D eigenvalue weighted by Crippen LogP contribution is 2.26. The second-order valence-corrected chi connectivity index (χ2v) is 5.87. The lowest BCUT2D eigenvalue weighted by Gasteiger charge is -2.36. The average molecular weight is 321 g/mol. The van der Waals surface area contributed by atoms with Gasteiger partial charge in [0.1, 0.15) is 0 Å². The van der Waals surface area contributed by atoms with Crippen molar-refractivity contribution >= 4 is 22.5 Å². The highest BCUT2D eigenvalue weighted by atomic mass is 16.2. The van der Waals surface area contributed by atoms with Crippen molar-refractivity contribution in [2.24, 2.45) is 0 Å². The number of aromatic nitrogens is 1. The molecule has 124 valence electrons. The van der Waals surface area contributed by atoms with E-state index >= 15 is 0 Å². The van der Waals surface area contributed by atoms with Crippen molar-refractivity contribution < 1.29 is 4.79 Å². The van der Waals surface area contributed by atoms with Crippen LogP contribution < -0.4 is 4.90 Å². The minimum atomic E-state index is 0.120. The number of benzene rings is 1. The van der Waals surface area contributed by atoms with E-state index in [1.165, 1.54) is 11.1 Å². The highest BCUT2D eigenvalue weighted by molar-refractivity contribution is 5.96. The Morgan fingerprint density at radius 3 is 2.54 bits per heavy atom. The number of rotatable bonds is 3. The van der Waals surface area contributed by atoms with Crippen LogP contribution in [0.2, 0.25) is 0 Å². The van der Waals surface area contributed by atoms with Gasteiger partial charge >= 0.3 is 0 Å². The van der Waals surface area contributed by atoms with E-state index in [4.69, 9.17) is 0 Å². The number of hydrogen-bond acceptors (Lipinski definition) is 3. The second-order valence-electron chi connectivity index (χ2n) is 5.87. The quantitative estimate of drug-likeness (QED) is 0.642. The first kappa shape index (κ1) is 16.2. The summed E-state index contributed by atoms with van der Waals surface area (Å²) < 4.78 is 0. The maximum atomic E-state index is 12.6. The predicted octanol–water partition coefficient (Wildman–Crippen LogP) is 3.41. The molecule has 0 N–H and O–H groups in total. The lowest BCUT2D eigenvalue weighted by atomic mass is 10.1. The molecule has 1 aliphatic rings. The number of carbonyl (C=O) groups is 1. The summed E-state index contributed by atoms with van der Waals surface area (Å²) in [6.45, 7) is 7.00. The van der Waals surface area contributed by atoms with E-state index in [2.05, 4.69) is 22.0 Å². The molecule has 1 aromatic heterocycles. The molecule has 1 fully saturated rings. The van der Waals surface area contributed by atoms with E-state index in [1.807, 2.05) is 61.4 Å². The summed E-state index contributed by atoms with van der Waals surface area (Å²) in [7, 11) is 0. The van der Waals surface area contributed by atoms with Gasteiger partial charge in [-0.1, -0.05) is 36.4 Å². The maximum absolute atomic E-state index is 12.6. The highest BCUT2D eigenvalue weighted by Gasteiger charge is 2.23. The summed E-state index contributed by atoms with van der Waals surface area (Å²) >= 11 is 0. The Balaban J connectivity index is 1.74. The SMILES string of the molecule is C/C=C\C(=C/C)C(=O)N1CCN(c2ccnc3ccccc23)CC1. The van der Waals surface area contributed by atoms with Crippen LogP contribution in [0.4, 0.5) is 5.69 Å². The van der Waals surface area contributed by atoms with Gasteiger partial charge in [0.15, 0.2) is 0 Å². The van der Waals surface area contributed by atoms with E-state index in [0.717, 1.165) is 37.3 Å². The minimum absolute atomic E-state index is 0.120. The van der Waals surface area contributed by atoms with Crippen molar-refractivity contribution in [3.05, 3.63) is 60.3 Å². The van der Waals surface area contributed by atoms with Crippen LogP contribution >= 0.6 is 0 Å². The monoisotopic (exact) mass is 321 g/mol. The number of para-hydroxylation sites is 1. The molecule has 0 atom stereocenters. The number of anilines is 1. The standard InChI is InChI=1S/C20H23N3O/c1-3-7-16(4-2)20(24)23-14-12-22(13-15-23)19-10-11-21-18-9-6-5-8-17(18)19/h3-11H,12-15H2,1-2H3/b7-3-,16-4+. The molecule has 0 aliphatic carbocycles. The van der Waals surface area contributed by atoms with Crippen molar-refractivity contribution in [3.8, 4) is 0 Å². The molecule has 2 heterocycles. The smallest absolute Gasteiger partial charge is 0.253 e. The molecule has 1 aromatic carbocycles. The Morgan fingerprint density at radius 1 is 1.08 bits per heavy atom. The van der Waals surface area contributed by atoms with Crippen LogP contribution in [0.15, 0.2) is 60.3 Å². The Kier molecular flexibility index (Phi) is 4.94. The Bertz CT molecular complexity index is 781. The third-order valence-electron chi connectivity index (χ3n) is 4.44. The molecule has 0 bridgehead atoms. The first-order valence-corrected chi connectivity index (χ1v) is 8.41. The molecule has 0 saturated carbocycles. The van der Waals surface area contributed by atoms with Gasteiger partial charge in [-0.2, -0.15) is 0 Å². The summed E-state index contributed by atoms with van der Waals surface area (Å²) in [5, 5.41) is 1.17. The predicted molar refractivity (Wildman–Crippen MR) is 99.1 cm³/mol. The van der Waals surface area contributed by atoms with Crippen LogP contribution in [0.5, 0.6) is 0 Å². The molecule has 24 heavy (non-hydrogen) atoms. The largest absolute Gasteiger partial charge is 0.367 e. The molecular formula is C20H23N3O. The number of allylic oxidation sites excluding steroid dienone is 2. The summed E-state index contributed by atoms with van der Waals surface area (Å²) in [5.41, 5.74) is 2.98. The summed E-state index contributed by atoms with van der Waals surface area (Å²) in [6.07, 6.45) is 7.53. The summed E-state index contributed by atoms with van der Waals surface area (Å²) in [5.74, 6) is 0.120. The van der Waals surface area contributed by atoms with Crippen LogP contribution in [0.1, 0.15) is 13.8 Å². The first-order chi connectivity index (χ1) is 11.7. The molecule has 2 aromatic rings. The number of nitrogens with zero attached hydrogens (tertiary/aromatic N) is 3. The Hall–Kier alpha value is -2.62. The van der Waals surface area contributed by atoms with E-state index in [0.29, 0.717) is 0 Å². The van der Waals surface area contributed by atoms with Crippen molar-refractivity contribution in [2.75, 3.05) is 31.1 Å². The van der Waals surface area contributed by atoms with E-state index in [9.17, 15) is 4.79 Å². The Labute approximate surface area is 143 Å². The number of pyridine rings is 1. The van der Waals surface area contributed by atoms with Crippen molar-refractivity contribution in [1.29, 1.82) is 0 Å². The fourth-order valence-electron chi connectivity index (χ4n) is 3.16. The molecule has 1 saturated heterocycles. The van der Waals surface area contributed by atoms with Crippen LogP contribution in [0.25, 0.3) is 10.9 Å². The molecule has 0 unspecified atom stereocenters. The van der Waals surface area contributed by atoms with E-state index < -0.39 is 0 Å². The van der Waals surface area contributed by atoms with E-state index in [-0.39, 0.29) is 5.91 Å². The molecule has 1 amide bonds. The molecular weight excluding hydrogens is 298 g/mol.